The highest BCUT2D eigenvalue weighted by Crippen LogP contribution is 2.14. The van der Waals surface area contributed by atoms with Gasteiger partial charge in [-0.2, -0.15) is 0 Å². The van der Waals surface area contributed by atoms with E-state index in [4.69, 9.17) is 4.74 Å². The lowest BCUT2D eigenvalue weighted by Crippen LogP contribution is -2.38. The zero-order valence-electron chi connectivity index (χ0n) is 16.2. The SMILES string of the molecule is CN=C(NCc1cccc(N(C)C)c1)N(C)Cc1ccc(OC)cc1.I. The van der Waals surface area contributed by atoms with Gasteiger partial charge in [0.2, 0.25) is 0 Å². The minimum atomic E-state index is 0. The number of methoxy groups -OCH3 is 1. The number of rotatable bonds is 6. The quantitative estimate of drug-likeness (QED) is 0.400. The molecule has 0 aliphatic heterocycles. The fraction of sp³-hybridized carbons (Fsp3) is 0.350. The van der Waals surface area contributed by atoms with Gasteiger partial charge in [-0.25, -0.2) is 0 Å². The molecule has 1 N–H and O–H groups in total. The normalized spacial score (nSPS) is 10.7. The Kier molecular flexibility index (Phi) is 9.26. The third-order valence-electron chi connectivity index (χ3n) is 4.03. The van der Waals surface area contributed by atoms with Gasteiger partial charge in [-0.15, -0.1) is 24.0 Å². The van der Waals surface area contributed by atoms with Crippen LogP contribution >= 0.6 is 24.0 Å². The molecular formula is C20H29IN4O. The maximum Gasteiger partial charge on any atom is 0.193 e. The van der Waals surface area contributed by atoms with E-state index in [9.17, 15) is 0 Å². The molecule has 0 aliphatic rings. The molecule has 2 aromatic rings. The number of ether oxygens (including phenoxy) is 1. The van der Waals surface area contributed by atoms with E-state index in [1.165, 1.54) is 16.8 Å². The Labute approximate surface area is 174 Å². The van der Waals surface area contributed by atoms with Crippen LogP contribution in [0.3, 0.4) is 0 Å². The maximum absolute atomic E-state index is 5.20. The lowest BCUT2D eigenvalue weighted by Gasteiger charge is -2.22. The zero-order valence-corrected chi connectivity index (χ0v) is 18.5. The maximum atomic E-state index is 5.20. The lowest BCUT2D eigenvalue weighted by molar-refractivity contribution is 0.414. The van der Waals surface area contributed by atoms with Crippen molar-refractivity contribution in [2.75, 3.05) is 40.2 Å². The van der Waals surface area contributed by atoms with Crippen LogP contribution in [0.1, 0.15) is 11.1 Å². The molecule has 2 rings (SSSR count). The van der Waals surface area contributed by atoms with Crippen molar-refractivity contribution in [1.29, 1.82) is 0 Å². The van der Waals surface area contributed by atoms with E-state index in [2.05, 4.69) is 56.5 Å². The topological polar surface area (TPSA) is 40.1 Å². The van der Waals surface area contributed by atoms with Crippen molar-refractivity contribution in [3.8, 4) is 5.75 Å². The minimum Gasteiger partial charge on any atom is -0.497 e. The van der Waals surface area contributed by atoms with Crippen LogP contribution in [0.5, 0.6) is 5.75 Å². The third-order valence-corrected chi connectivity index (χ3v) is 4.03. The second-order valence-corrected chi connectivity index (χ2v) is 6.17. The highest BCUT2D eigenvalue weighted by Gasteiger charge is 2.07. The van der Waals surface area contributed by atoms with E-state index < -0.39 is 0 Å². The van der Waals surface area contributed by atoms with Crippen molar-refractivity contribution in [3.63, 3.8) is 0 Å². The first-order valence-electron chi connectivity index (χ1n) is 8.34. The van der Waals surface area contributed by atoms with Crippen molar-refractivity contribution < 1.29 is 4.74 Å². The Morgan fingerprint density at radius 2 is 1.73 bits per heavy atom. The summed E-state index contributed by atoms with van der Waals surface area (Å²) in [4.78, 5) is 8.60. The van der Waals surface area contributed by atoms with Gasteiger partial charge in [-0.3, -0.25) is 4.99 Å². The number of aliphatic imine (C=N–C) groups is 1. The van der Waals surface area contributed by atoms with Crippen LogP contribution in [0.25, 0.3) is 0 Å². The summed E-state index contributed by atoms with van der Waals surface area (Å²) in [6, 6.07) is 16.6. The van der Waals surface area contributed by atoms with E-state index in [-0.39, 0.29) is 24.0 Å². The summed E-state index contributed by atoms with van der Waals surface area (Å²) in [5.41, 5.74) is 3.63. The van der Waals surface area contributed by atoms with Crippen LogP contribution < -0.4 is 15.0 Å². The highest BCUT2D eigenvalue weighted by atomic mass is 127. The minimum absolute atomic E-state index is 0. The Hall–Kier alpha value is -1.96. The Morgan fingerprint density at radius 3 is 2.31 bits per heavy atom. The van der Waals surface area contributed by atoms with Crippen LogP contribution in [0, 0.1) is 0 Å². The average molecular weight is 468 g/mol. The first-order valence-corrected chi connectivity index (χ1v) is 8.34. The molecule has 0 heterocycles. The van der Waals surface area contributed by atoms with Gasteiger partial charge in [0.05, 0.1) is 7.11 Å². The number of guanidine groups is 1. The van der Waals surface area contributed by atoms with Gasteiger partial charge in [0.15, 0.2) is 5.96 Å². The first-order chi connectivity index (χ1) is 12.0. The Bertz CT molecular complexity index is 701. The fourth-order valence-electron chi connectivity index (χ4n) is 2.59. The molecule has 0 bridgehead atoms. The molecule has 0 atom stereocenters. The van der Waals surface area contributed by atoms with Gasteiger partial charge in [0, 0.05) is 47.0 Å². The first kappa shape index (κ1) is 22.1. The molecule has 0 aromatic heterocycles. The Balaban J connectivity index is 0.00000338. The van der Waals surface area contributed by atoms with Crippen molar-refractivity contribution in [1.82, 2.24) is 10.2 Å². The van der Waals surface area contributed by atoms with Gasteiger partial charge >= 0.3 is 0 Å². The van der Waals surface area contributed by atoms with Crippen LogP contribution in [0.15, 0.2) is 53.5 Å². The predicted molar refractivity (Wildman–Crippen MR) is 121 cm³/mol. The molecular weight excluding hydrogens is 439 g/mol. The molecule has 0 aliphatic carbocycles. The summed E-state index contributed by atoms with van der Waals surface area (Å²) in [5.74, 6) is 1.74. The summed E-state index contributed by atoms with van der Waals surface area (Å²) in [6.07, 6.45) is 0. The van der Waals surface area contributed by atoms with Crippen molar-refractivity contribution in [2.45, 2.75) is 13.1 Å². The van der Waals surface area contributed by atoms with Crippen LogP contribution in [-0.4, -0.2) is 46.2 Å². The standard InChI is InChI=1S/C20H28N4O.HI/c1-21-20(22-14-17-7-6-8-18(13-17)23(2)3)24(4)15-16-9-11-19(25-5)12-10-16;/h6-13H,14-15H2,1-5H3,(H,21,22);1H. The molecule has 0 spiro atoms. The number of benzene rings is 2. The van der Waals surface area contributed by atoms with E-state index in [1.54, 1.807) is 7.11 Å². The zero-order chi connectivity index (χ0) is 18.2. The van der Waals surface area contributed by atoms with Crippen molar-refractivity contribution in [3.05, 3.63) is 59.7 Å². The molecule has 6 heteroatoms. The van der Waals surface area contributed by atoms with Gasteiger partial charge < -0.3 is 19.9 Å². The van der Waals surface area contributed by atoms with E-state index >= 15 is 0 Å². The molecule has 0 fully saturated rings. The van der Waals surface area contributed by atoms with Crippen molar-refractivity contribution >= 4 is 35.6 Å². The van der Waals surface area contributed by atoms with Crippen molar-refractivity contribution in [2.24, 2.45) is 4.99 Å². The fourth-order valence-corrected chi connectivity index (χ4v) is 2.59. The highest BCUT2D eigenvalue weighted by molar-refractivity contribution is 14.0. The van der Waals surface area contributed by atoms with Gasteiger partial charge in [-0.1, -0.05) is 24.3 Å². The van der Waals surface area contributed by atoms with E-state index in [0.717, 1.165) is 24.8 Å². The number of hydrogen-bond acceptors (Lipinski definition) is 3. The number of halogens is 1. The van der Waals surface area contributed by atoms with E-state index in [1.807, 2.05) is 40.3 Å². The molecule has 5 nitrogen and oxygen atoms in total. The molecule has 26 heavy (non-hydrogen) atoms. The van der Waals surface area contributed by atoms with Crippen LogP contribution in [-0.2, 0) is 13.1 Å². The molecule has 0 amide bonds. The molecule has 2 aromatic carbocycles. The van der Waals surface area contributed by atoms with E-state index in [0.29, 0.717) is 0 Å². The van der Waals surface area contributed by atoms with Gasteiger partial charge in [-0.05, 0) is 35.4 Å². The predicted octanol–water partition coefficient (Wildman–Crippen LogP) is 3.59. The summed E-state index contributed by atoms with van der Waals surface area (Å²) in [6.45, 7) is 1.52. The molecule has 0 unspecified atom stereocenters. The summed E-state index contributed by atoms with van der Waals surface area (Å²) in [7, 11) is 9.62. The number of anilines is 1. The van der Waals surface area contributed by atoms with Crippen LogP contribution in [0.4, 0.5) is 5.69 Å². The molecule has 0 radical (unpaired) electrons. The monoisotopic (exact) mass is 468 g/mol. The molecule has 0 saturated heterocycles. The van der Waals surface area contributed by atoms with Crippen LogP contribution in [0.2, 0.25) is 0 Å². The summed E-state index contributed by atoms with van der Waals surface area (Å²) < 4.78 is 5.20. The summed E-state index contributed by atoms with van der Waals surface area (Å²) in [5, 5.41) is 3.43. The summed E-state index contributed by atoms with van der Waals surface area (Å²) >= 11 is 0. The average Bonchev–Trinajstić information content (AvgIpc) is 2.63. The van der Waals surface area contributed by atoms with Gasteiger partial charge in [0.1, 0.15) is 5.75 Å². The number of hydrogen-bond donors (Lipinski definition) is 1. The third kappa shape index (κ3) is 6.40. The molecule has 0 saturated carbocycles. The Morgan fingerprint density at radius 1 is 1.04 bits per heavy atom. The second kappa shape index (κ2) is 10.9. The molecule has 142 valence electrons. The smallest absolute Gasteiger partial charge is 0.193 e. The lowest BCUT2D eigenvalue weighted by atomic mass is 10.2. The largest absolute Gasteiger partial charge is 0.497 e. The second-order valence-electron chi connectivity index (χ2n) is 6.17. The number of nitrogens with one attached hydrogen (secondary N) is 1. The van der Waals surface area contributed by atoms with Gasteiger partial charge in [0.25, 0.3) is 0 Å². The number of nitrogens with zero attached hydrogens (tertiary/aromatic N) is 3.